The summed E-state index contributed by atoms with van der Waals surface area (Å²) in [5, 5.41) is 13.8. The van der Waals surface area contributed by atoms with E-state index < -0.39 is 60.7 Å². The highest BCUT2D eigenvalue weighted by atomic mass is 31.3. The number of anilines is 1. The zero-order valence-corrected chi connectivity index (χ0v) is 21.5. The van der Waals surface area contributed by atoms with Gasteiger partial charge < -0.3 is 39.9 Å². The molecule has 1 aliphatic heterocycles. The van der Waals surface area contributed by atoms with E-state index in [1.807, 2.05) is 0 Å². The molecule has 7 N–H and O–H groups in total. The molecule has 0 saturated carbocycles. The number of alkyl halides is 1. The molecule has 0 aromatic carbocycles. The van der Waals surface area contributed by atoms with Gasteiger partial charge in [0.25, 0.3) is 0 Å². The van der Waals surface area contributed by atoms with Gasteiger partial charge in [0.05, 0.1) is 26.1 Å². The Balaban J connectivity index is 1.92. The summed E-state index contributed by atoms with van der Waals surface area (Å²) in [6, 6.07) is 0. The molecule has 0 radical (unpaired) electrons. The van der Waals surface area contributed by atoms with Gasteiger partial charge in [0.15, 0.2) is 23.6 Å². The summed E-state index contributed by atoms with van der Waals surface area (Å²) in [5.41, 5.74) is 11.9. The van der Waals surface area contributed by atoms with Crippen LogP contribution in [0.3, 0.4) is 0 Å². The van der Waals surface area contributed by atoms with E-state index in [-0.39, 0.29) is 29.6 Å². The third-order valence-electron chi connectivity index (χ3n) is 4.72. The Kier molecular flexibility index (Phi) is 8.82. The number of ether oxygens (including phenoxy) is 2. The molecule has 1 aliphatic rings. The molecule has 1 fully saturated rings. The lowest BCUT2D eigenvalue weighted by atomic mass is 9.97. The van der Waals surface area contributed by atoms with Crippen LogP contribution in [0.5, 0.6) is 5.88 Å². The van der Waals surface area contributed by atoms with Crippen LogP contribution in [0.15, 0.2) is 11.4 Å². The molecule has 3 heterocycles. The molecule has 2 aromatic rings. The second kappa shape index (κ2) is 11.1. The average Bonchev–Trinajstić information content (AvgIpc) is 3.29. The number of aliphatic hydroxyl groups is 1. The minimum absolute atomic E-state index is 0.0344. The zero-order chi connectivity index (χ0) is 28.5. The van der Waals surface area contributed by atoms with E-state index in [9.17, 15) is 28.6 Å². The van der Waals surface area contributed by atoms with Crippen LogP contribution in [0.25, 0.3) is 21.6 Å². The summed E-state index contributed by atoms with van der Waals surface area (Å²) in [6.07, 6.45) is -5.32. The lowest BCUT2D eigenvalue weighted by molar-refractivity contribution is -0.118. The Morgan fingerprint density at radius 2 is 1.95 bits per heavy atom. The van der Waals surface area contributed by atoms with E-state index >= 15 is 4.39 Å². The number of nitrogen functional groups attached to an aromatic ring is 1. The molecule has 6 atom stereocenters. The summed E-state index contributed by atoms with van der Waals surface area (Å²) in [5.74, 6) is -0.333. The van der Waals surface area contributed by atoms with Gasteiger partial charge in [-0.1, -0.05) is 5.11 Å². The van der Waals surface area contributed by atoms with E-state index in [0.717, 1.165) is 10.9 Å². The Morgan fingerprint density at radius 1 is 1.26 bits per heavy atom. The second-order valence-electron chi connectivity index (χ2n) is 7.36. The summed E-state index contributed by atoms with van der Waals surface area (Å²) < 4.78 is 73.4. The third-order valence-corrected chi connectivity index (χ3v) is 8.50. The maximum Gasteiger partial charge on any atom is 0.490 e. The standard InChI is InChI=1S/C13H20FN8O13P3/c1-2-31-10-7-9(19-12(15)20-10)22(5-17-7)11-6(14)8(23)13(33-11,3-18-21-16)4-32-37(27,28)35-38(29,30)34-36(24,25)26/h5-6,8,11,23H,2-4H2,1H3,(H,27,28)(H,29,30)(H2,15,19,20)(H2,24,25,26)/t6-,8+,11?,13-/m1/s1. The molecule has 3 unspecified atom stereocenters. The number of phosphoric acid groups is 3. The molecule has 3 rings (SSSR count). The van der Waals surface area contributed by atoms with Gasteiger partial charge >= 0.3 is 23.5 Å². The van der Waals surface area contributed by atoms with Gasteiger partial charge in [0.1, 0.15) is 11.7 Å². The first-order valence-electron chi connectivity index (χ1n) is 9.95. The van der Waals surface area contributed by atoms with Crippen molar-refractivity contribution in [1.29, 1.82) is 0 Å². The Morgan fingerprint density at radius 3 is 2.55 bits per heavy atom. The van der Waals surface area contributed by atoms with Gasteiger partial charge in [-0.25, -0.2) is 23.1 Å². The molecular weight excluding hydrogens is 588 g/mol. The van der Waals surface area contributed by atoms with Crippen molar-refractivity contribution in [3.63, 3.8) is 0 Å². The maximum atomic E-state index is 15.3. The molecule has 38 heavy (non-hydrogen) atoms. The number of nitrogens with two attached hydrogens (primary N) is 1. The average molecular weight is 608 g/mol. The highest BCUT2D eigenvalue weighted by Crippen LogP contribution is 2.66. The number of azide groups is 1. The van der Waals surface area contributed by atoms with E-state index in [0.29, 0.717) is 0 Å². The number of rotatable bonds is 12. The molecule has 21 nitrogen and oxygen atoms in total. The normalized spacial score (nSPS) is 27.0. The molecule has 2 aromatic heterocycles. The van der Waals surface area contributed by atoms with Crippen LogP contribution >= 0.6 is 23.5 Å². The third kappa shape index (κ3) is 6.83. The first-order valence-corrected chi connectivity index (χ1v) is 14.5. The van der Waals surface area contributed by atoms with Crippen LogP contribution in [0.4, 0.5) is 10.3 Å². The molecule has 212 valence electrons. The molecule has 25 heteroatoms. The Labute approximate surface area is 210 Å². The minimum atomic E-state index is -5.87. The van der Waals surface area contributed by atoms with Gasteiger partial charge in [-0.15, -0.1) is 0 Å². The van der Waals surface area contributed by atoms with Crippen LogP contribution < -0.4 is 10.5 Å². The van der Waals surface area contributed by atoms with Gasteiger partial charge in [-0.05, 0) is 12.5 Å². The number of aromatic nitrogens is 4. The largest absolute Gasteiger partial charge is 0.490 e. The van der Waals surface area contributed by atoms with Crippen LogP contribution in [0.2, 0.25) is 0 Å². The van der Waals surface area contributed by atoms with E-state index in [1.165, 1.54) is 0 Å². The van der Waals surface area contributed by atoms with Crippen molar-refractivity contribution in [2.45, 2.75) is 31.0 Å². The summed E-state index contributed by atoms with van der Waals surface area (Å²) >= 11 is 0. The lowest BCUT2D eigenvalue weighted by Gasteiger charge is -2.30. The van der Waals surface area contributed by atoms with Crippen molar-refractivity contribution < 1.29 is 65.4 Å². The molecule has 1 saturated heterocycles. The smallest absolute Gasteiger partial charge is 0.476 e. The molecular formula is C13H20FN8O13P3. The number of fused-ring (bicyclic) bond motifs is 1. The van der Waals surface area contributed by atoms with Gasteiger partial charge in [-0.2, -0.15) is 18.6 Å². The summed E-state index contributed by atoms with van der Waals surface area (Å²) in [7, 11) is -17.2. The number of aliphatic hydroxyl groups excluding tert-OH is 1. The predicted octanol–water partition coefficient (Wildman–Crippen LogP) is 0.427. The van der Waals surface area contributed by atoms with Gasteiger partial charge in [0.2, 0.25) is 11.8 Å². The van der Waals surface area contributed by atoms with Crippen molar-refractivity contribution >= 4 is 40.6 Å². The number of hydrogen-bond acceptors (Lipinski definition) is 14. The first-order chi connectivity index (χ1) is 17.5. The maximum absolute atomic E-state index is 15.3. The Bertz CT molecular complexity index is 1380. The SMILES string of the molecule is CCOc1nc(N)nc2c1ncn2C1O[C@](CN=[N+]=[N-])(COP(=O)(O)OP(=O)(O)OP(=O)(O)O)[C@@H](O)[C@H]1F. The van der Waals surface area contributed by atoms with E-state index in [4.69, 9.17) is 30.5 Å². The van der Waals surface area contributed by atoms with Crippen LogP contribution in [0.1, 0.15) is 13.2 Å². The highest BCUT2D eigenvalue weighted by Gasteiger charge is 2.57. The molecule has 0 aliphatic carbocycles. The fourth-order valence-corrected chi connectivity index (χ4v) is 6.38. The number of phosphoric ester groups is 1. The van der Waals surface area contributed by atoms with Gasteiger partial charge in [0, 0.05) is 4.91 Å². The number of imidazole rings is 1. The van der Waals surface area contributed by atoms with Crippen molar-refractivity contribution in [2.75, 3.05) is 25.5 Å². The monoisotopic (exact) mass is 608 g/mol. The lowest BCUT2D eigenvalue weighted by Crippen LogP contribution is -2.48. The van der Waals surface area contributed by atoms with Crippen LogP contribution in [-0.4, -0.2) is 81.8 Å². The highest BCUT2D eigenvalue weighted by molar-refractivity contribution is 7.66. The zero-order valence-electron chi connectivity index (χ0n) is 18.9. The van der Waals surface area contributed by atoms with Gasteiger partial charge in [-0.3, -0.25) is 9.09 Å². The number of halogens is 1. The quantitative estimate of drug-likeness (QED) is 0.0823. The fourth-order valence-electron chi connectivity index (χ4n) is 3.30. The number of hydrogen-bond donors (Lipinski definition) is 6. The Hall–Kier alpha value is -2.28. The fraction of sp³-hybridized carbons (Fsp3) is 0.615. The van der Waals surface area contributed by atoms with Crippen molar-refractivity contribution in [1.82, 2.24) is 19.5 Å². The summed E-state index contributed by atoms with van der Waals surface area (Å²) in [4.78, 5) is 50.6. The molecule has 0 amide bonds. The van der Waals surface area contributed by atoms with Crippen molar-refractivity contribution in [2.24, 2.45) is 5.11 Å². The second-order valence-corrected chi connectivity index (χ2v) is 11.8. The predicted molar refractivity (Wildman–Crippen MR) is 118 cm³/mol. The topological polar surface area (TPSA) is 317 Å². The minimum Gasteiger partial charge on any atom is -0.476 e. The molecule has 0 spiro atoms. The van der Waals surface area contributed by atoms with Crippen LogP contribution in [-0.2, 0) is 31.6 Å². The molecule has 0 bridgehead atoms. The first kappa shape index (κ1) is 30.3. The van der Waals surface area contributed by atoms with Crippen molar-refractivity contribution in [3.8, 4) is 5.88 Å². The van der Waals surface area contributed by atoms with E-state index in [1.54, 1.807) is 6.92 Å². The van der Waals surface area contributed by atoms with E-state index in [2.05, 4.69) is 38.1 Å². The summed E-state index contributed by atoms with van der Waals surface area (Å²) in [6.45, 7) is -0.414. The number of nitrogens with zero attached hydrogens (tertiary/aromatic N) is 7. The van der Waals surface area contributed by atoms with Crippen LogP contribution in [0, 0.1) is 0 Å². The van der Waals surface area contributed by atoms with Crippen molar-refractivity contribution in [3.05, 3.63) is 16.8 Å².